The minimum absolute atomic E-state index is 0.0824. The molecule has 6 heteroatoms. The number of halogens is 2. The molecule has 90 valence electrons. The van der Waals surface area contributed by atoms with Gasteiger partial charge in [0.25, 0.3) is 0 Å². The summed E-state index contributed by atoms with van der Waals surface area (Å²) >= 11 is 10.9. The maximum Gasteiger partial charge on any atom is 0.137 e. The van der Waals surface area contributed by atoms with E-state index in [-0.39, 0.29) is 6.61 Å². The van der Waals surface area contributed by atoms with Crippen molar-refractivity contribution in [2.45, 2.75) is 6.61 Å². The van der Waals surface area contributed by atoms with Crippen LogP contribution in [-0.4, -0.2) is 17.2 Å². The zero-order valence-electron chi connectivity index (χ0n) is 8.91. The summed E-state index contributed by atoms with van der Waals surface area (Å²) in [5.41, 5.74) is 1.54. The zero-order valence-corrected chi connectivity index (χ0v) is 12.1. The predicted molar refractivity (Wildman–Crippen MR) is 72.7 cm³/mol. The number of nitrogens with zero attached hydrogens (tertiary/aromatic N) is 1. The Kier molecular flexibility index (Phi) is 4.04. The summed E-state index contributed by atoms with van der Waals surface area (Å²) in [5.74, 6) is 0.633. The van der Waals surface area contributed by atoms with Crippen molar-refractivity contribution in [1.29, 1.82) is 0 Å². The van der Waals surface area contributed by atoms with E-state index in [4.69, 9.17) is 21.4 Å². The van der Waals surface area contributed by atoms with Gasteiger partial charge in [0, 0.05) is 5.56 Å². The maximum absolute atomic E-state index is 9.08. The van der Waals surface area contributed by atoms with Crippen molar-refractivity contribution in [3.8, 4) is 16.3 Å². The third kappa shape index (κ3) is 2.63. The lowest BCUT2D eigenvalue weighted by atomic mass is 10.2. The van der Waals surface area contributed by atoms with Gasteiger partial charge >= 0.3 is 0 Å². The van der Waals surface area contributed by atoms with Crippen LogP contribution in [0.15, 0.2) is 22.0 Å². The fourth-order valence-corrected chi connectivity index (χ4v) is 3.08. The van der Waals surface area contributed by atoms with Crippen molar-refractivity contribution < 1.29 is 9.84 Å². The molecule has 0 saturated carbocycles. The minimum atomic E-state index is -0.0824. The normalized spacial score (nSPS) is 10.6. The van der Waals surface area contributed by atoms with Gasteiger partial charge < -0.3 is 9.84 Å². The zero-order chi connectivity index (χ0) is 12.4. The summed E-state index contributed by atoms with van der Waals surface area (Å²) in [6.45, 7) is -0.0824. The van der Waals surface area contributed by atoms with Crippen LogP contribution in [0.2, 0.25) is 5.02 Å². The monoisotopic (exact) mass is 333 g/mol. The average Bonchev–Trinajstić information content (AvgIpc) is 2.70. The minimum Gasteiger partial charge on any atom is -0.495 e. The highest BCUT2D eigenvalue weighted by atomic mass is 79.9. The molecule has 1 heterocycles. The average molecular weight is 335 g/mol. The molecule has 0 atom stereocenters. The number of ether oxygens (including phenoxy) is 1. The second-order valence-corrected chi connectivity index (χ2v) is 5.97. The molecule has 0 spiro atoms. The van der Waals surface area contributed by atoms with Crippen molar-refractivity contribution in [2.75, 3.05) is 7.11 Å². The Labute approximate surface area is 116 Å². The van der Waals surface area contributed by atoms with Crippen molar-refractivity contribution in [2.24, 2.45) is 0 Å². The van der Waals surface area contributed by atoms with Gasteiger partial charge in [-0.1, -0.05) is 11.6 Å². The van der Waals surface area contributed by atoms with E-state index < -0.39 is 0 Å². The Balaban J connectivity index is 2.42. The Morgan fingerprint density at radius 1 is 1.53 bits per heavy atom. The van der Waals surface area contributed by atoms with E-state index in [0.29, 0.717) is 16.5 Å². The molecule has 3 nitrogen and oxygen atoms in total. The van der Waals surface area contributed by atoms with E-state index in [1.165, 1.54) is 11.3 Å². The van der Waals surface area contributed by atoms with Gasteiger partial charge in [-0.2, -0.15) is 0 Å². The summed E-state index contributed by atoms with van der Waals surface area (Å²) in [4.78, 5) is 4.32. The maximum atomic E-state index is 9.08. The van der Waals surface area contributed by atoms with E-state index in [9.17, 15) is 0 Å². The van der Waals surface area contributed by atoms with Crippen molar-refractivity contribution in [1.82, 2.24) is 4.98 Å². The molecule has 0 aliphatic carbocycles. The molecule has 1 aromatic carbocycles. The summed E-state index contributed by atoms with van der Waals surface area (Å²) in [6.07, 6.45) is 0. The van der Waals surface area contributed by atoms with Crippen LogP contribution in [0.3, 0.4) is 0 Å². The number of methoxy groups -OCH3 is 1. The number of thiazole rings is 1. The molecular formula is C11H9BrClNO2S. The van der Waals surface area contributed by atoms with Crippen LogP contribution in [-0.2, 0) is 6.61 Å². The van der Waals surface area contributed by atoms with Gasteiger partial charge in [0.05, 0.1) is 28.2 Å². The van der Waals surface area contributed by atoms with Gasteiger partial charge in [-0.15, -0.1) is 11.3 Å². The van der Waals surface area contributed by atoms with Crippen molar-refractivity contribution >= 4 is 38.9 Å². The van der Waals surface area contributed by atoms with E-state index in [1.807, 2.05) is 6.07 Å². The standard InChI is InChI=1S/C11H9BrClNO2S/c1-16-9-3-2-6(4-7(9)13)11-14-8(5-15)10(12)17-11/h2-4,15H,5H2,1H3. The van der Waals surface area contributed by atoms with Crippen molar-refractivity contribution in [3.63, 3.8) is 0 Å². The molecule has 0 amide bonds. The molecule has 0 aliphatic heterocycles. The van der Waals surface area contributed by atoms with E-state index in [1.54, 1.807) is 19.2 Å². The Bertz CT molecular complexity index is 544. The van der Waals surface area contributed by atoms with Gasteiger partial charge in [-0.3, -0.25) is 0 Å². The molecule has 1 aromatic heterocycles. The van der Waals surface area contributed by atoms with Gasteiger partial charge in [0.1, 0.15) is 10.8 Å². The van der Waals surface area contributed by atoms with E-state index in [2.05, 4.69) is 20.9 Å². The lowest BCUT2D eigenvalue weighted by Crippen LogP contribution is -1.86. The fourth-order valence-electron chi connectivity index (χ4n) is 1.35. The molecule has 1 N–H and O–H groups in total. The Hall–Kier alpha value is -0.620. The molecule has 2 rings (SSSR count). The van der Waals surface area contributed by atoms with Crippen LogP contribution in [0.4, 0.5) is 0 Å². The summed E-state index contributed by atoms with van der Waals surface area (Å²) in [5, 5.41) is 10.4. The summed E-state index contributed by atoms with van der Waals surface area (Å²) in [7, 11) is 1.57. The third-order valence-corrected chi connectivity index (χ3v) is 4.37. The lowest BCUT2D eigenvalue weighted by molar-refractivity contribution is 0.277. The SMILES string of the molecule is COc1ccc(-c2nc(CO)c(Br)s2)cc1Cl. The van der Waals surface area contributed by atoms with Crippen LogP contribution in [0.25, 0.3) is 10.6 Å². The molecule has 0 saturated heterocycles. The molecule has 0 unspecified atom stereocenters. The second-order valence-electron chi connectivity index (χ2n) is 3.25. The summed E-state index contributed by atoms with van der Waals surface area (Å²) < 4.78 is 5.92. The highest BCUT2D eigenvalue weighted by molar-refractivity contribution is 9.11. The first-order valence-corrected chi connectivity index (χ1v) is 6.74. The highest BCUT2D eigenvalue weighted by Crippen LogP contribution is 2.35. The fraction of sp³-hybridized carbons (Fsp3) is 0.182. The molecule has 0 bridgehead atoms. The molecular weight excluding hydrogens is 326 g/mol. The Morgan fingerprint density at radius 2 is 2.29 bits per heavy atom. The van der Waals surface area contributed by atoms with E-state index in [0.717, 1.165) is 14.4 Å². The number of aliphatic hydroxyl groups excluding tert-OH is 1. The van der Waals surface area contributed by atoms with E-state index >= 15 is 0 Å². The number of benzene rings is 1. The van der Waals surface area contributed by atoms with Crippen molar-refractivity contribution in [3.05, 3.63) is 32.7 Å². The van der Waals surface area contributed by atoms with Gasteiger partial charge in [-0.05, 0) is 34.1 Å². The first-order chi connectivity index (χ1) is 8.15. The smallest absolute Gasteiger partial charge is 0.137 e. The van der Waals surface area contributed by atoms with Crippen LogP contribution in [0, 0.1) is 0 Å². The molecule has 0 fully saturated rings. The number of aliphatic hydroxyl groups is 1. The Morgan fingerprint density at radius 3 is 2.82 bits per heavy atom. The second kappa shape index (κ2) is 5.35. The van der Waals surface area contributed by atoms with Gasteiger partial charge in [-0.25, -0.2) is 4.98 Å². The molecule has 0 radical (unpaired) electrons. The van der Waals surface area contributed by atoms with Gasteiger partial charge in [0.15, 0.2) is 0 Å². The van der Waals surface area contributed by atoms with Crippen LogP contribution < -0.4 is 4.74 Å². The topological polar surface area (TPSA) is 42.4 Å². The first kappa shape index (κ1) is 12.8. The lowest BCUT2D eigenvalue weighted by Gasteiger charge is -2.03. The molecule has 17 heavy (non-hydrogen) atoms. The number of hydrogen-bond donors (Lipinski definition) is 1. The molecule has 0 aliphatic rings. The number of hydrogen-bond acceptors (Lipinski definition) is 4. The highest BCUT2D eigenvalue weighted by Gasteiger charge is 2.11. The predicted octanol–water partition coefficient (Wildman–Crippen LogP) is 3.73. The first-order valence-electron chi connectivity index (χ1n) is 4.75. The third-order valence-electron chi connectivity index (χ3n) is 2.20. The van der Waals surface area contributed by atoms with Crippen LogP contribution in [0.1, 0.15) is 5.69 Å². The number of rotatable bonds is 3. The van der Waals surface area contributed by atoms with Gasteiger partial charge in [0.2, 0.25) is 0 Å². The van der Waals surface area contributed by atoms with Crippen LogP contribution in [0.5, 0.6) is 5.75 Å². The molecule has 2 aromatic rings. The quantitative estimate of drug-likeness (QED) is 0.930. The largest absolute Gasteiger partial charge is 0.495 e. The summed E-state index contributed by atoms with van der Waals surface area (Å²) in [6, 6.07) is 5.48. The van der Waals surface area contributed by atoms with Crippen LogP contribution >= 0.6 is 38.9 Å². The number of aromatic nitrogens is 1.